The molecule has 0 saturated carbocycles. The molecule has 2 aliphatic rings. The van der Waals surface area contributed by atoms with Crippen molar-refractivity contribution in [1.29, 1.82) is 0 Å². The zero-order valence-electron chi connectivity index (χ0n) is 14.3. The van der Waals surface area contributed by atoms with E-state index in [2.05, 4.69) is 26.0 Å². The molecule has 0 fully saturated rings. The van der Waals surface area contributed by atoms with Gasteiger partial charge in [-0.1, -0.05) is 50.2 Å². The third-order valence-electron chi connectivity index (χ3n) is 4.82. The SMILES string of the molecule is CC(C)c1ccc2c(c1)C(C)(C)OOC21OC(=O)c2ccccc21. The Hall–Kier alpha value is -2.17. The number of rotatable bonds is 1. The molecule has 0 amide bonds. The first-order valence-corrected chi connectivity index (χ1v) is 8.20. The molecule has 4 rings (SSSR count). The van der Waals surface area contributed by atoms with E-state index in [-0.39, 0.29) is 0 Å². The Morgan fingerprint density at radius 2 is 1.67 bits per heavy atom. The summed E-state index contributed by atoms with van der Waals surface area (Å²) in [7, 11) is 0. The quantitative estimate of drug-likeness (QED) is 0.577. The van der Waals surface area contributed by atoms with E-state index in [9.17, 15) is 4.79 Å². The topological polar surface area (TPSA) is 44.8 Å². The maximum Gasteiger partial charge on any atom is 0.341 e. The fourth-order valence-corrected chi connectivity index (χ4v) is 3.41. The van der Waals surface area contributed by atoms with Gasteiger partial charge >= 0.3 is 5.97 Å². The van der Waals surface area contributed by atoms with Crippen molar-refractivity contribution >= 4 is 5.97 Å². The van der Waals surface area contributed by atoms with Gasteiger partial charge < -0.3 is 4.74 Å². The highest BCUT2D eigenvalue weighted by Crippen LogP contribution is 2.51. The Bertz CT molecular complexity index is 837. The summed E-state index contributed by atoms with van der Waals surface area (Å²) in [6.45, 7) is 8.20. The van der Waals surface area contributed by atoms with Crippen LogP contribution in [0.5, 0.6) is 0 Å². The van der Waals surface area contributed by atoms with Crippen molar-refractivity contribution in [3.63, 3.8) is 0 Å². The molecule has 0 N–H and O–H groups in total. The van der Waals surface area contributed by atoms with Gasteiger partial charge in [-0.15, -0.1) is 0 Å². The lowest BCUT2D eigenvalue weighted by Crippen LogP contribution is -2.43. The second kappa shape index (κ2) is 4.91. The number of hydrogen-bond acceptors (Lipinski definition) is 4. The van der Waals surface area contributed by atoms with Crippen LogP contribution in [0.25, 0.3) is 0 Å². The summed E-state index contributed by atoms with van der Waals surface area (Å²) < 4.78 is 5.69. The summed E-state index contributed by atoms with van der Waals surface area (Å²) in [5.41, 5.74) is 3.57. The number of esters is 1. The van der Waals surface area contributed by atoms with E-state index in [1.807, 2.05) is 38.1 Å². The van der Waals surface area contributed by atoms with Crippen LogP contribution in [0.3, 0.4) is 0 Å². The third kappa shape index (κ3) is 1.96. The van der Waals surface area contributed by atoms with Crippen molar-refractivity contribution in [1.82, 2.24) is 0 Å². The molecule has 2 heterocycles. The molecule has 1 spiro atoms. The Balaban J connectivity index is 1.98. The second-order valence-electron chi connectivity index (χ2n) is 7.19. The van der Waals surface area contributed by atoms with Crippen LogP contribution >= 0.6 is 0 Å². The molecule has 2 aliphatic heterocycles. The Labute approximate surface area is 141 Å². The fourth-order valence-electron chi connectivity index (χ4n) is 3.41. The van der Waals surface area contributed by atoms with E-state index >= 15 is 0 Å². The largest absolute Gasteiger partial charge is 0.418 e. The van der Waals surface area contributed by atoms with Crippen LogP contribution < -0.4 is 0 Å². The predicted octanol–water partition coefficient (Wildman–Crippen LogP) is 4.38. The van der Waals surface area contributed by atoms with Crippen molar-refractivity contribution in [3.8, 4) is 0 Å². The van der Waals surface area contributed by atoms with Crippen LogP contribution in [0.2, 0.25) is 0 Å². The van der Waals surface area contributed by atoms with E-state index in [0.29, 0.717) is 17.0 Å². The fraction of sp³-hybridized carbons (Fsp3) is 0.350. The Morgan fingerprint density at radius 3 is 2.42 bits per heavy atom. The van der Waals surface area contributed by atoms with E-state index in [1.165, 1.54) is 5.56 Å². The standard InChI is InChI=1S/C20H20O4/c1-12(2)13-9-10-16-17(11-13)19(3,4)23-24-20(16)15-8-6-5-7-14(15)18(21)22-20/h5-12H,1-4H3. The Kier molecular flexibility index (Phi) is 3.15. The van der Waals surface area contributed by atoms with Crippen LogP contribution in [0.1, 0.15) is 66.2 Å². The number of fused-ring (bicyclic) bond motifs is 4. The molecule has 0 radical (unpaired) electrons. The van der Waals surface area contributed by atoms with Crippen LogP contribution in [0, 0.1) is 0 Å². The third-order valence-corrected chi connectivity index (χ3v) is 4.82. The van der Waals surface area contributed by atoms with Crippen molar-refractivity contribution < 1.29 is 19.3 Å². The highest BCUT2D eigenvalue weighted by molar-refractivity contribution is 5.95. The number of hydrogen-bond donors (Lipinski definition) is 0. The number of carbonyl (C=O) groups is 1. The molecule has 0 bridgehead atoms. The lowest BCUT2D eigenvalue weighted by Gasteiger charge is -2.41. The minimum Gasteiger partial charge on any atom is -0.418 e. The number of ether oxygens (including phenoxy) is 1. The van der Waals surface area contributed by atoms with Gasteiger partial charge in [0, 0.05) is 11.1 Å². The van der Waals surface area contributed by atoms with Gasteiger partial charge in [0.05, 0.1) is 5.56 Å². The maximum atomic E-state index is 12.3. The first-order valence-electron chi connectivity index (χ1n) is 8.20. The minimum atomic E-state index is -1.33. The highest BCUT2D eigenvalue weighted by atomic mass is 17.2. The first-order chi connectivity index (χ1) is 11.3. The number of carbonyl (C=O) groups excluding carboxylic acids is 1. The van der Waals surface area contributed by atoms with Crippen LogP contribution in [0.15, 0.2) is 42.5 Å². The van der Waals surface area contributed by atoms with E-state index in [4.69, 9.17) is 14.5 Å². The highest BCUT2D eigenvalue weighted by Gasteiger charge is 2.55. The second-order valence-corrected chi connectivity index (χ2v) is 7.19. The summed E-state index contributed by atoms with van der Waals surface area (Å²) >= 11 is 0. The minimum absolute atomic E-state index is 0.392. The van der Waals surface area contributed by atoms with Gasteiger partial charge in [0.2, 0.25) is 0 Å². The molecular weight excluding hydrogens is 304 g/mol. The monoisotopic (exact) mass is 324 g/mol. The van der Waals surface area contributed by atoms with Crippen molar-refractivity contribution in [2.75, 3.05) is 0 Å². The van der Waals surface area contributed by atoms with Crippen LogP contribution in [-0.4, -0.2) is 5.97 Å². The molecule has 1 atom stereocenters. The maximum absolute atomic E-state index is 12.3. The van der Waals surface area contributed by atoms with Crippen LogP contribution in [-0.2, 0) is 25.9 Å². The molecule has 1 unspecified atom stereocenters. The summed E-state index contributed by atoms with van der Waals surface area (Å²) in [6.07, 6.45) is 0. The van der Waals surface area contributed by atoms with Gasteiger partial charge in [0.1, 0.15) is 5.60 Å². The van der Waals surface area contributed by atoms with Gasteiger partial charge in [0.25, 0.3) is 5.79 Å². The molecule has 24 heavy (non-hydrogen) atoms. The Morgan fingerprint density at radius 1 is 0.917 bits per heavy atom. The van der Waals surface area contributed by atoms with E-state index in [1.54, 1.807) is 6.07 Å². The molecular formula is C20H20O4. The predicted molar refractivity (Wildman–Crippen MR) is 88.4 cm³/mol. The lowest BCUT2D eigenvalue weighted by atomic mass is 9.83. The smallest absolute Gasteiger partial charge is 0.341 e. The first kappa shape index (κ1) is 15.4. The molecule has 0 aromatic heterocycles. The van der Waals surface area contributed by atoms with Crippen molar-refractivity contribution in [2.45, 2.75) is 45.0 Å². The average molecular weight is 324 g/mol. The molecule has 2 aromatic carbocycles. The van der Waals surface area contributed by atoms with Gasteiger partial charge in [-0.25, -0.2) is 9.68 Å². The van der Waals surface area contributed by atoms with Crippen LogP contribution in [0.4, 0.5) is 0 Å². The van der Waals surface area contributed by atoms with E-state index < -0.39 is 17.4 Å². The summed E-state index contributed by atoms with van der Waals surface area (Å²) in [4.78, 5) is 23.7. The van der Waals surface area contributed by atoms with Gasteiger partial charge in [-0.3, -0.25) is 0 Å². The van der Waals surface area contributed by atoms with Gasteiger partial charge in [-0.2, -0.15) is 4.89 Å². The summed E-state index contributed by atoms with van der Waals surface area (Å²) in [5, 5.41) is 0. The summed E-state index contributed by atoms with van der Waals surface area (Å²) in [5.74, 6) is -1.33. The average Bonchev–Trinajstić information content (AvgIpc) is 2.85. The van der Waals surface area contributed by atoms with Crippen molar-refractivity contribution in [2.24, 2.45) is 0 Å². The zero-order chi connectivity index (χ0) is 17.1. The molecule has 4 nitrogen and oxygen atoms in total. The molecule has 0 saturated heterocycles. The van der Waals surface area contributed by atoms with Gasteiger partial charge in [-0.05, 0) is 37.0 Å². The summed E-state index contributed by atoms with van der Waals surface area (Å²) in [6, 6.07) is 13.5. The normalized spacial score (nSPS) is 24.0. The van der Waals surface area contributed by atoms with Gasteiger partial charge in [0.15, 0.2) is 0 Å². The lowest BCUT2D eigenvalue weighted by molar-refractivity contribution is -0.459. The van der Waals surface area contributed by atoms with E-state index in [0.717, 1.165) is 11.1 Å². The molecule has 2 aromatic rings. The van der Waals surface area contributed by atoms with Crippen molar-refractivity contribution in [3.05, 3.63) is 70.3 Å². The number of benzene rings is 2. The molecule has 124 valence electrons. The molecule has 0 aliphatic carbocycles. The zero-order valence-corrected chi connectivity index (χ0v) is 14.3. The molecule has 4 heteroatoms.